The number of ether oxygens (including phenoxy) is 3. The Labute approximate surface area is 204 Å². The van der Waals surface area contributed by atoms with Crippen LogP contribution in [0.1, 0.15) is 37.9 Å². The van der Waals surface area contributed by atoms with Gasteiger partial charge in [0.2, 0.25) is 6.79 Å². The number of fused-ring (bicyclic) bond motifs is 1. The molecule has 1 amide bonds. The number of aromatic hydroxyl groups is 1. The first-order chi connectivity index (χ1) is 16.9. The number of phenolic OH excluding ortho intramolecular Hbond substituents is 1. The smallest absolute Gasteiger partial charge is 0.295 e. The van der Waals surface area contributed by atoms with Gasteiger partial charge in [-0.25, -0.2) is 0 Å². The van der Waals surface area contributed by atoms with E-state index in [9.17, 15) is 19.8 Å². The van der Waals surface area contributed by atoms with Gasteiger partial charge in [-0.05, 0) is 55.9 Å². The highest BCUT2D eigenvalue weighted by molar-refractivity contribution is 6.46. The number of hydrogen-bond acceptors (Lipinski definition) is 8. The van der Waals surface area contributed by atoms with Crippen molar-refractivity contribution in [2.75, 3.05) is 39.6 Å². The predicted octanol–water partition coefficient (Wildman–Crippen LogP) is 3.28. The number of benzene rings is 2. The minimum atomic E-state index is -0.851. The van der Waals surface area contributed by atoms with E-state index in [1.165, 1.54) is 11.0 Å². The van der Waals surface area contributed by atoms with E-state index in [0.29, 0.717) is 42.3 Å². The summed E-state index contributed by atoms with van der Waals surface area (Å²) in [6, 6.07) is 8.70. The van der Waals surface area contributed by atoms with Crippen LogP contribution in [-0.2, 0) is 9.59 Å². The zero-order valence-corrected chi connectivity index (χ0v) is 20.1. The van der Waals surface area contributed by atoms with Crippen LogP contribution >= 0.6 is 0 Å². The Balaban J connectivity index is 1.82. The molecule has 1 fully saturated rings. The van der Waals surface area contributed by atoms with Crippen LogP contribution in [0.15, 0.2) is 42.0 Å². The molecule has 2 N–H and O–H groups in total. The topological polar surface area (TPSA) is 109 Å². The number of carbonyl (C=O) groups is 2. The van der Waals surface area contributed by atoms with E-state index in [1.807, 2.05) is 13.8 Å². The quantitative estimate of drug-likeness (QED) is 0.318. The number of likely N-dealkylation sites (tertiary alicyclic amines) is 1. The number of nitrogens with zero attached hydrogens (tertiary/aromatic N) is 2. The van der Waals surface area contributed by atoms with Gasteiger partial charge >= 0.3 is 0 Å². The highest BCUT2D eigenvalue weighted by Crippen LogP contribution is 2.43. The molecule has 0 aliphatic carbocycles. The first-order valence-electron chi connectivity index (χ1n) is 11.8. The maximum absolute atomic E-state index is 13.3. The molecule has 2 aliphatic heterocycles. The minimum Gasteiger partial charge on any atom is -0.507 e. The Kier molecular flexibility index (Phi) is 7.16. The normalized spacial score (nSPS) is 18.5. The number of aliphatic hydroxyl groups excluding tert-OH is 1. The molecule has 0 radical (unpaired) electrons. The number of amides is 1. The van der Waals surface area contributed by atoms with E-state index < -0.39 is 17.7 Å². The third-order valence-electron chi connectivity index (χ3n) is 6.34. The maximum atomic E-state index is 13.3. The fourth-order valence-electron chi connectivity index (χ4n) is 4.42. The molecule has 9 heteroatoms. The molecular formula is C26H30N2O7. The first kappa shape index (κ1) is 24.4. The predicted molar refractivity (Wildman–Crippen MR) is 129 cm³/mol. The number of carbonyl (C=O) groups excluding carboxylic acids is 2. The first-order valence-corrected chi connectivity index (χ1v) is 11.8. The summed E-state index contributed by atoms with van der Waals surface area (Å²) in [5, 5.41) is 21.5. The number of aliphatic hydroxyl groups is 1. The Morgan fingerprint density at radius 1 is 1.09 bits per heavy atom. The summed E-state index contributed by atoms with van der Waals surface area (Å²) in [5.41, 5.74) is 0.860. The molecule has 0 bridgehead atoms. The lowest BCUT2D eigenvalue weighted by Crippen LogP contribution is -2.38. The second-order valence-electron chi connectivity index (χ2n) is 8.25. The van der Waals surface area contributed by atoms with Crippen molar-refractivity contribution in [1.29, 1.82) is 0 Å². The van der Waals surface area contributed by atoms with Crippen molar-refractivity contribution in [2.24, 2.45) is 0 Å². The number of rotatable bonds is 9. The molecule has 1 saturated heterocycles. The van der Waals surface area contributed by atoms with Crippen LogP contribution in [0.5, 0.6) is 23.0 Å². The molecule has 0 saturated carbocycles. The van der Waals surface area contributed by atoms with Gasteiger partial charge in [0.05, 0.1) is 18.2 Å². The van der Waals surface area contributed by atoms with Gasteiger partial charge in [0.25, 0.3) is 11.7 Å². The van der Waals surface area contributed by atoms with Crippen LogP contribution in [0.3, 0.4) is 0 Å². The fraction of sp³-hybridized carbons (Fsp3) is 0.385. The standard InChI is InChI=1S/C26H30N2O7/c1-4-27(5-2)11-12-28-23(16-7-9-18(29)20(13-16)33-6-3)22(25(31)26(28)32)24(30)17-8-10-19-21(14-17)35-15-34-19/h7-10,13-14,23,29-30H,4-6,11-12,15H2,1-3H3/b24-22+. The van der Waals surface area contributed by atoms with Crippen LogP contribution in [0.2, 0.25) is 0 Å². The summed E-state index contributed by atoms with van der Waals surface area (Å²) in [7, 11) is 0. The van der Waals surface area contributed by atoms with Gasteiger partial charge in [0.15, 0.2) is 23.0 Å². The van der Waals surface area contributed by atoms with Crippen molar-refractivity contribution >= 4 is 17.4 Å². The highest BCUT2D eigenvalue weighted by atomic mass is 16.7. The van der Waals surface area contributed by atoms with E-state index in [2.05, 4.69) is 4.90 Å². The molecule has 186 valence electrons. The van der Waals surface area contributed by atoms with Gasteiger partial charge < -0.3 is 34.2 Å². The number of ketones is 1. The summed E-state index contributed by atoms with van der Waals surface area (Å²) >= 11 is 0. The summed E-state index contributed by atoms with van der Waals surface area (Å²) in [4.78, 5) is 30.0. The van der Waals surface area contributed by atoms with Crippen LogP contribution in [0.25, 0.3) is 5.76 Å². The van der Waals surface area contributed by atoms with Crippen molar-refractivity contribution in [1.82, 2.24) is 9.80 Å². The Morgan fingerprint density at radius 2 is 1.83 bits per heavy atom. The van der Waals surface area contributed by atoms with Crippen LogP contribution in [0, 0.1) is 0 Å². The van der Waals surface area contributed by atoms with Crippen molar-refractivity contribution in [3.8, 4) is 23.0 Å². The zero-order chi connectivity index (χ0) is 25.1. The summed E-state index contributed by atoms with van der Waals surface area (Å²) in [6.07, 6.45) is 0. The zero-order valence-electron chi connectivity index (χ0n) is 20.1. The number of Topliss-reactive ketones (excluding diaryl/α,β-unsaturated/α-hetero) is 1. The molecular weight excluding hydrogens is 452 g/mol. The van der Waals surface area contributed by atoms with Crippen molar-refractivity contribution in [2.45, 2.75) is 26.8 Å². The molecule has 4 rings (SSSR count). The summed E-state index contributed by atoms with van der Waals surface area (Å²) in [5.74, 6) is -0.578. The van der Waals surface area contributed by atoms with Crippen molar-refractivity contribution < 1.29 is 34.0 Å². The lowest BCUT2D eigenvalue weighted by Gasteiger charge is -2.28. The average molecular weight is 483 g/mol. The largest absolute Gasteiger partial charge is 0.507 e. The van der Waals surface area contributed by atoms with E-state index in [-0.39, 0.29) is 29.6 Å². The number of phenols is 1. The molecule has 2 aromatic carbocycles. The summed E-state index contributed by atoms with van der Waals surface area (Å²) < 4.78 is 16.3. The molecule has 9 nitrogen and oxygen atoms in total. The average Bonchev–Trinajstić information content (AvgIpc) is 3.43. The van der Waals surface area contributed by atoms with Gasteiger partial charge in [-0.1, -0.05) is 19.9 Å². The van der Waals surface area contributed by atoms with E-state index in [1.54, 1.807) is 37.3 Å². The van der Waals surface area contributed by atoms with Crippen molar-refractivity contribution in [3.05, 3.63) is 53.1 Å². The molecule has 1 unspecified atom stereocenters. The second-order valence-corrected chi connectivity index (χ2v) is 8.25. The van der Waals surface area contributed by atoms with Gasteiger partial charge in [-0.3, -0.25) is 9.59 Å². The molecule has 0 spiro atoms. The molecule has 2 aromatic rings. The van der Waals surface area contributed by atoms with Crippen LogP contribution in [0.4, 0.5) is 0 Å². The lowest BCUT2D eigenvalue weighted by atomic mass is 9.95. The SMILES string of the molecule is CCOc1cc(C2/C(=C(\O)c3ccc4c(c3)OCO4)C(=O)C(=O)N2CCN(CC)CC)ccc1O. The van der Waals surface area contributed by atoms with Gasteiger partial charge in [-0.15, -0.1) is 0 Å². The lowest BCUT2D eigenvalue weighted by molar-refractivity contribution is -0.140. The van der Waals surface area contributed by atoms with E-state index in [4.69, 9.17) is 14.2 Å². The number of hydrogen-bond donors (Lipinski definition) is 2. The molecule has 0 aromatic heterocycles. The Hall–Kier alpha value is -3.72. The number of likely N-dealkylation sites (N-methyl/N-ethyl adjacent to an activating group) is 1. The third kappa shape index (κ3) is 4.64. The van der Waals surface area contributed by atoms with Gasteiger partial charge in [0, 0.05) is 18.7 Å². The molecule has 2 aliphatic rings. The Bertz CT molecular complexity index is 1160. The van der Waals surface area contributed by atoms with Gasteiger partial charge in [0.1, 0.15) is 5.76 Å². The summed E-state index contributed by atoms with van der Waals surface area (Å²) in [6.45, 7) is 8.72. The molecule has 35 heavy (non-hydrogen) atoms. The monoisotopic (exact) mass is 482 g/mol. The molecule has 2 heterocycles. The van der Waals surface area contributed by atoms with Crippen LogP contribution < -0.4 is 14.2 Å². The van der Waals surface area contributed by atoms with Crippen molar-refractivity contribution in [3.63, 3.8) is 0 Å². The molecule has 1 atom stereocenters. The minimum absolute atomic E-state index is 0.0263. The third-order valence-corrected chi connectivity index (χ3v) is 6.34. The van der Waals surface area contributed by atoms with Crippen LogP contribution in [-0.4, -0.2) is 71.3 Å². The van der Waals surface area contributed by atoms with E-state index >= 15 is 0 Å². The van der Waals surface area contributed by atoms with Gasteiger partial charge in [-0.2, -0.15) is 0 Å². The second kappa shape index (κ2) is 10.3. The highest BCUT2D eigenvalue weighted by Gasteiger charge is 2.46. The maximum Gasteiger partial charge on any atom is 0.295 e. The Morgan fingerprint density at radius 3 is 2.54 bits per heavy atom. The fourth-order valence-corrected chi connectivity index (χ4v) is 4.42. The van der Waals surface area contributed by atoms with E-state index in [0.717, 1.165) is 13.1 Å².